The Morgan fingerprint density at radius 2 is 1.72 bits per heavy atom. The first-order valence-electron chi connectivity index (χ1n) is 15.7. The normalized spacial score (nSPS) is 20.1. The summed E-state index contributed by atoms with van der Waals surface area (Å²) in [5, 5.41) is 13.0. The number of benzene rings is 3. The topological polar surface area (TPSA) is 82.1 Å². The van der Waals surface area contributed by atoms with Crippen molar-refractivity contribution in [3.63, 3.8) is 0 Å². The molecular weight excluding hydrogens is 538 g/mol. The minimum Gasteiger partial charge on any atom is -0.488 e. The Hall–Kier alpha value is -3.68. The number of aliphatic hydroxyl groups is 1. The molecule has 3 aromatic carbocycles. The van der Waals surface area contributed by atoms with Gasteiger partial charge in [0.25, 0.3) is 5.91 Å². The molecule has 228 valence electrons. The molecule has 0 unspecified atom stereocenters. The number of amides is 2. The van der Waals surface area contributed by atoms with Crippen LogP contribution in [-0.4, -0.2) is 65.6 Å². The highest BCUT2D eigenvalue weighted by Crippen LogP contribution is 2.32. The van der Waals surface area contributed by atoms with Crippen LogP contribution in [0.3, 0.4) is 0 Å². The van der Waals surface area contributed by atoms with Crippen molar-refractivity contribution in [3.8, 4) is 16.9 Å². The molecule has 0 bridgehead atoms. The Kier molecular flexibility index (Phi) is 10.2. The summed E-state index contributed by atoms with van der Waals surface area (Å²) in [6.07, 6.45) is 4.97. The predicted octanol–water partition coefficient (Wildman–Crippen LogP) is 6.22. The van der Waals surface area contributed by atoms with Crippen molar-refractivity contribution < 1.29 is 19.4 Å². The van der Waals surface area contributed by atoms with Gasteiger partial charge in [-0.3, -0.25) is 14.5 Å². The van der Waals surface area contributed by atoms with Gasteiger partial charge in [0.2, 0.25) is 5.91 Å². The van der Waals surface area contributed by atoms with E-state index < -0.39 is 0 Å². The number of hydrogen-bond donors (Lipinski definition) is 2. The van der Waals surface area contributed by atoms with Gasteiger partial charge in [-0.15, -0.1) is 0 Å². The summed E-state index contributed by atoms with van der Waals surface area (Å²) in [5.41, 5.74) is 4.62. The molecule has 2 N–H and O–H groups in total. The molecule has 0 saturated heterocycles. The molecule has 43 heavy (non-hydrogen) atoms. The molecule has 0 radical (unpaired) electrons. The van der Waals surface area contributed by atoms with Crippen LogP contribution in [0.1, 0.15) is 61.9 Å². The molecule has 1 aliphatic heterocycles. The molecule has 0 aromatic heterocycles. The number of aliphatic hydroxyl groups excluding tert-OH is 1. The predicted molar refractivity (Wildman–Crippen MR) is 171 cm³/mol. The van der Waals surface area contributed by atoms with Gasteiger partial charge in [0.15, 0.2) is 0 Å². The fraction of sp³-hybridized carbons (Fsp3) is 0.444. The lowest BCUT2D eigenvalue weighted by Crippen LogP contribution is -2.49. The minimum absolute atomic E-state index is 0.0175. The van der Waals surface area contributed by atoms with Crippen LogP contribution in [0.25, 0.3) is 11.1 Å². The fourth-order valence-corrected chi connectivity index (χ4v) is 6.24. The molecule has 1 saturated carbocycles. The molecule has 7 heteroatoms. The van der Waals surface area contributed by atoms with Gasteiger partial charge in [0, 0.05) is 37.2 Å². The van der Waals surface area contributed by atoms with E-state index in [1.807, 2.05) is 19.1 Å². The zero-order valence-electron chi connectivity index (χ0n) is 25.7. The highest BCUT2D eigenvalue weighted by atomic mass is 16.5. The number of hydrogen-bond acceptors (Lipinski definition) is 5. The van der Waals surface area contributed by atoms with E-state index in [1.165, 1.54) is 23.1 Å². The summed E-state index contributed by atoms with van der Waals surface area (Å²) in [5.74, 6) is 0.378. The van der Waals surface area contributed by atoms with Gasteiger partial charge in [-0.2, -0.15) is 0 Å². The van der Waals surface area contributed by atoms with Crippen molar-refractivity contribution in [2.45, 2.75) is 64.6 Å². The Morgan fingerprint density at radius 1 is 1.02 bits per heavy atom. The Morgan fingerprint density at radius 3 is 2.42 bits per heavy atom. The second-order valence-electron chi connectivity index (χ2n) is 12.4. The number of fused-ring (bicyclic) bond motifs is 1. The first-order valence-corrected chi connectivity index (χ1v) is 15.7. The summed E-state index contributed by atoms with van der Waals surface area (Å²) in [6, 6.07) is 24.0. The third-order valence-corrected chi connectivity index (χ3v) is 8.91. The third-order valence-electron chi connectivity index (χ3n) is 8.91. The molecule has 7 nitrogen and oxygen atoms in total. The van der Waals surface area contributed by atoms with Crippen molar-refractivity contribution in [1.29, 1.82) is 0 Å². The molecule has 2 aliphatic rings. The van der Waals surface area contributed by atoms with Crippen LogP contribution in [0.4, 0.5) is 5.69 Å². The minimum atomic E-state index is -0.345. The van der Waals surface area contributed by atoms with E-state index in [0.717, 1.165) is 32.2 Å². The van der Waals surface area contributed by atoms with E-state index in [-0.39, 0.29) is 42.4 Å². The van der Waals surface area contributed by atoms with Crippen molar-refractivity contribution >= 4 is 17.5 Å². The van der Waals surface area contributed by atoms with E-state index in [0.29, 0.717) is 30.1 Å². The average Bonchev–Trinajstić information content (AvgIpc) is 3.03. The molecule has 1 aliphatic carbocycles. The highest BCUT2D eigenvalue weighted by Gasteiger charge is 2.34. The second kappa shape index (κ2) is 14.2. The lowest BCUT2D eigenvalue weighted by atomic mass is 9.88. The van der Waals surface area contributed by atoms with Gasteiger partial charge >= 0.3 is 0 Å². The van der Waals surface area contributed by atoms with E-state index in [1.54, 1.807) is 17.0 Å². The maximum atomic E-state index is 13.8. The maximum Gasteiger partial charge on any atom is 0.258 e. The lowest BCUT2D eigenvalue weighted by Gasteiger charge is -2.38. The van der Waals surface area contributed by atoms with Crippen LogP contribution in [0.15, 0.2) is 72.8 Å². The summed E-state index contributed by atoms with van der Waals surface area (Å²) in [7, 11) is 2.09. The van der Waals surface area contributed by atoms with Gasteiger partial charge in [0.05, 0.1) is 18.2 Å². The number of likely N-dealkylation sites (N-methyl/N-ethyl adjacent to an activating group) is 1. The first-order chi connectivity index (χ1) is 20.8. The van der Waals surface area contributed by atoms with Crippen LogP contribution in [-0.2, 0) is 11.3 Å². The number of rotatable bonds is 9. The summed E-state index contributed by atoms with van der Waals surface area (Å²) in [6.45, 7) is 5.72. The zero-order valence-corrected chi connectivity index (χ0v) is 25.7. The molecule has 2 amide bonds. The Labute approximate surface area is 255 Å². The van der Waals surface area contributed by atoms with Crippen LogP contribution in [0, 0.1) is 11.8 Å². The largest absolute Gasteiger partial charge is 0.488 e. The lowest BCUT2D eigenvalue weighted by molar-refractivity contribution is -0.120. The number of carbonyl (C=O) groups excluding carboxylic acids is 2. The van der Waals surface area contributed by atoms with Crippen LogP contribution >= 0.6 is 0 Å². The highest BCUT2D eigenvalue weighted by molar-refractivity contribution is 6.00. The van der Waals surface area contributed by atoms with Gasteiger partial charge in [0.1, 0.15) is 11.9 Å². The van der Waals surface area contributed by atoms with Gasteiger partial charge in [-0.1, -0.05) is 80.8 Å². The second-order valence-corrected chi connectivity index (χ2v) is 12.4. The summed E-state index contributed by atoms with van der Waals surface area (Å²) >= 11 is 0. The smallest absolute Gasteiger partial charge is 0.258 e. The van der Waals surface area contributed by atoms with Crippen molar-refractivity contribution in [3.05, 3.63) is 83.9 Å². The maximum absolute atomic E-state index is 13.8. The Bertz CT molecular complexity index is 1370. The number of ether oxygens (including phenoxy) is 1. The number of nitrogens with zero attached hydrogens (tertiary/aromatic N) is 2. The van der Waals surface area contributed by atoms with Gasteiger partial charge < -0.3 is 20.1 Å². The van der Waals surface area contributed by atoms with Crippen molar-refractivity contribution in [2.24, 2.45) is 11.8 Å². The average molecular weight is 584 g/mol. The van der Waals surface area contributed by atoms with Gasteiger partial charge in [-0.25, -0.2) is 0 Å². The Balaban J connectivity index is 1.32. The van der Waals surface area contributed by atoms with Crippen molar-refractivity contribution in [1.82, 2.24) is 9.80 Å². The monoisotopic (exact) mass is 583 g/mol. The molecule has 5 rings (SSSR count). The quantitative estimate of drug-likeness (QED) is 0.312. The molecule has 0 spiro atoms. The molecular formula is C36H45N3O4. The van der Waals surface area contributed by atoms with Crippen LogP contribution < -0.4 is 10.1 Å². The fourth-order valence-electron chi connectivity index (χ4n) is 6.24. The van der Waals surface area contributed by atoms with E-state index >= 15 is 0 Å². The third kappa shape index (κ3) is 7.64. The zero-order chi connectivity index (χ0) is 30.3. The molecule has 3 atom stereocenters. The number of anilines is 1. The molecule has 1 fully saturated rings. The van der Waals surface area contributed by atoms with Crippen LogP contribution in [0.2, 0.25) is 0 Å². The van der Waals surface area contributed by atoms with E-state index in [2.05, 4.69) is 72.7 Å². The van der Waals surface area contributed by atoms with E-state index in [9.17, 15) is 14.7 Å². The van der Waals surface area contributed by atoms with Crippen molar-refractivity contribution in [2.75, 3.05) is 32.1 Å². The van der Waals surface area contributed by atoms with Crippen LogP contribution in [0.5, 0.6) is 5.75 Å². The number of nitrogens with one attached hydrogen (secondary N) is 1. The summed E-state index contributed by atoms with van der Waals surface area (Å²) < 4.78 is 6.58. The standard InChI is InChI=1S/C36H45N3O4/c1-25-21-39(26(2)24-40)36(42)32-20-31(37-35(41)30-12-8-5-9-13-30)18-19-33(32)43-34(25)23-38(3)22-27-14-16-29(17-15-27)28-10-6-4-7-11-28/h4,6-7,10-11,14-20,25-26,30,34,40H,5,8-9,12-13,21-24H2,1-3H3,(H,37,41)/t25-,26-,34+/m0/s1. The SMILES string of the molecule is C[C@H]1CN([C@@H](C)CO)C(=O)c2cc(NC(=O)C3CCCCC3)ccc2O[C@@H]1CN(C)Cc1ccc(-c2ccccc2)cc1. The molecule has 1 heterocycles. The number of carbonyl (C=O) groups is 2. The van der Waals surface area contributed by atoms with E-state index in [4.69, 9.17) is 4.74 Å². The summed E-state index contributed by atoms with van der Waals surface area (Å²) in [4.78, 5) is 30.7. The van der Waals surface area contributed by atoms with Gasteiger partial charge in [-0.05, 0) is 61.7 Å². The molecule has 3 aromatic rings. The first kappa shape index (κ1) is 30.8.